The summed E-state index contributed by atoms with van der Waals surface area (Å²) in [4.78, 5) is 15.3. The van der Waals surface area contributed by atoms with E-state index in [-0.39, 0.29) is 5.56 Å². The van der Waals surface area contributed by atoms with Crippen molar-refractivity contribution in [3.05, 3.63) is 40.8 Å². The van der Waals surface area contributed by atoms with Gasteiger partial charge in [-0.15, -0.1) is 0 Å². The smallest absolute Gasteiger partial charge is 0.336 e. The van der Waals surface area contributed by atoms with Gasteiger partial charge in [0.05, 0.1) is 11.1 Å². The number of carbonyl (C=O) groups is 1. The van der Waals surface area contributed by atoms with E-state index in [4.69, 9.17) is 5.11 Å². The van der Waals surface area contributed by atoms with Gasteiger partial charge in [0, 0.05) is 11.1 Å². The number of aromatic carboxylic acids is 1. The molecule has 0 unspecified atom stereocenters. The molecule has 0 aliphatic carbocycles. The van der Waals surface area contributed by atoms with Crippen molar-refractivity contribution in [1.82, 2.24) is 4.98 Å². The lowest BCUT2D eigenvalue weighted by molar-refractivity contribution is 0.0699. The molecule has 1 N–H and O–H groups in total. The van der Waals surface area contributed by atoms with E-state index in [1.54, 1.807) is 13.8 Å². The van der Waals surface area contributed by atoms with E-state index in [0.29, 0.717) is 22.2 Å². The number of benzene rings is 1. The lowest BCUT2D eigenvalue weighted by Crippen LogP contribution is -2.01. The molecule has 0 aliphatic rings. The molecule has 1 heterocycles. The molecule has 0 spiro atoms. The third-order valence-corrected chi connectivity index (χ3v) is 2.43. The van der Waals surface area contributed by atoms with Crippen LogP contribution in [0.4, 0.5) is 4.39 Å². The van der Waals surface area contributed by atoms with Crippen LogP contribution in [-0.2, 0) is 0 Å². The van der Waals surface area contributed by atoms with Gasteiger partial charge in [0.2, 0.25) is 0 Å². The second-order valence-electron chi connectivity index (χ2n) is 3.74. The van der Waals surface area contributed by atoms with Crippen LogP contribution in [0.5, 0.6) is 0 Å². The maximum Gasteiger partial charge on any atom is 0.336 e. The molecule has 1 aromatic heterocycles. The van der Waals surface area contributed by atoms with Crippen molar-refractivity contribution in [2.75, 3.05) is 0 Å². The Labute approximate surface area is 91.5 Å². The minimum absolute atomic E-state index is 0.0881. The van der Waals surface area contributed by atoms with E-state index in [9.17, 15) is 9.18 Å². The van der Waals surface area contributed by atoms with Gasteiger partial charge in [-0.3, -0.25) is 4.98 Å². The van der Waals surface area contributed by atoms with Gasteiger partial charge in [-0.1, -0.05) is 0 Å². The van der Waals surface area contributed by atoms with Gasteiger partial charge in [0.1, 0.15) is 5.82 Å². The molecule has 0 fully saturated rings. The predicted molar refractivity (Wildman–Crippen MR) is 58.1 cm³/mol. The largest absolute Gasteiger partial charge is 0.478 e. The summed E-state index contributed by atoms with van der Waals surface area (Å²) in [5.41, 5.74) is 1.88. The zero-order valence-electron chi connectivity index (χ0n) is 8.91. The molecule has 4 heteroatoms. The fraction of sp³-hybridized carbons (Fsp3) is 0.167. The number of rotatable bonds is 1. The van der Waals surface area contributed by atoms with E-state index < -0.39 is 11.8 Å². The highest BCUT2D eigenvalue weighted by atomic mass is 19.1. The summed E-state index contributed by atoms with van der Waals surface area (Å²) < 4.78 is 13.2. The Morgan fingerprint density at radius 1 is 1.31 bits per heavy atom. The summed E-state index contributed by atoms with van der Waals surface area (Å²) in [5, 5.41) is 9.38. The minimum atomic E-state index is -1.07. The molecule has 1 aromatic carbocycles. The molecule has 0 saturated heterocycles. The van der Waals surface area contributed by atoms with Crippen LogP contribution in [0.1, 0.15) is 21.6 Å². The molecule has 0 radical (unpaired) electrons. The van der Waals surface area contributed by atoms with E-state index in [2.05, 4.69) is 4.98 Å². The van der Waals surface area contributed by atoms with Gasteiger partial charge in [-0.2, -0.15) is 0 Å². The van der Waals surface area contributed by atoms with E-state index in [1.807, 2.05) is 0 Å². The van der Waals surface area contributed by atoms with Crippen LogP contribution in [0.2, 0.25) is 0 Å². The number of aromatic nitrogens is 1. The number of halogens is 1. The SMILES string of the molecule is Cc1cc(C(=O)O)c2cc(F)cc(C)c2n1. The monoisotopic (exact) mass is 219 g/mol. The lowest BCUT2D eigenvalue weighted by atomic mass is 10.0. The standard InChI is InChI=1S/C12H10FNO2/c1-6-3-8(13)5-9-10(12(15)16)4-7(2)14-11(6)9/h3-5H,1-2H3,(H,15,16). The number of pyridine rings is 1. The molecule has 0 aliphatic heterocycles. The third kappa shape index (κ3) is 1.62. The van der Waals surface area contributed by atoms with Gasteiger partial charge in [-0.05, 0) is 37.6 Å². The molecule has 2 aromatic rings. The van der Waals surface area contributed by atoms with Crippen LogP contribution in [0.25, 0.3) is 10.9 Å². The van der Waals surface area contributed by atoms with Gasteiger partial charge >= 0.3 is 5.97 Å². The average Bonchev–Trinajstić information content (AvgIpc) is 2.18. The molecule has 16 heavy (non-hydrogen) atoms. The van der Waals surface area contributed by atoms with Crippen LogP contribution in [0.3, 0.4) is 0 Å². The van der Waals surface area contributed by atoms with Gasteiger partial charge in [0.25, 0.3) is 0 Å². The Morgan fingerprint density at radius 3 is 2.62 bits per heavy atom. The number of hydrogen-bond donors (Lipinski definition) is 1. The Hall–Kier alpha value is -1.97. The Balaban J connectivity index is 2.95. The van der Waals surface area contributed by atoms with Crippen LogP contribution in [-0.4, -0.2) is 16.1 Å². The van der Waals surface area contributed by atoms with Crippen molar-refractivity contribution >= 4 is 16.9 Å². The molecular weight excluding hydrogens is 209 g/mol. The minimum Gasteiger partial charge on any atom is -0.478 e. The maximum atomic E-state index is 13.2. The maximum absolute atomic E-state index is 13.2. The zero-order valence-corrected chi connectivity index (χ0v) is 8.91. The van der Waals surface area contributed by atoms with Crippen LogP contribution >= 0.6 is 0 Å². The number of hydrogen-bond acceptors (Lipinski definition) is 2. The molecule has 82 valence electrons. The number of carboxylic acids is 1. The van der Waals surface area contributed by atoms with E-state index >= 15 is 0 Å². The van der Waals surface area contributed by atoms with E-state index in [0.717, 1.165) is 0 Å². The van der Waals surface area contributed by atoms with Crippen molar-refractivity contribution in [1.29, 1.82) is 0 Å². The normalized spacial score (nSPS) is 10.7. The molecule has 3 nitrogen and oxygen atoms in total. The number of aryl methyl sites for hydroxylation is 2. The first-order valence-electron chi connectivity index (χ1n) is 4.80. The van der Waals surface area contributed by atoms with Crippen molar-refractivity contribution in [3.8, 4) is 0 Å². The zero-order chi connectivity index (χ0) is 11.9. The summed E-state index contributed by atoms with van der Waals surface area (Å²) in [6.45, 7) is 3.43. The molecule has 0 saturated carbocycles. The first-order valence-corrected chi connectivity index (χ1v) is 4.80. The average molecular weight is 219 g/mol. The highest BCUT2D eigenvalue weighted by Crippen LogP contribution is 2.22. The fourth-order valence-corrected chi connectivity index (χ4v) is 1.76. The van der Waals surface area contributed by atoms with Gasteiger partial charge in [0.15, 0.2) is 0 Å². The summed E-state index contributed by atoms with van der Waals surface area (Å²) in [7, 11) is 0. The molecular formula is C12H10FNO2. The number of carboxylic acid groups (broad SMARTS) is 1. The number of nitrogens with zero attached hydrogens (tertiary/aromatic N) is 1. The van der Waals surface area contributed by atoms with Crippen molar-refractivity contribution in [3.63, 3.8) is 0 Å². The second-order valence-corrected chi connectivity index (χ2v) is 3.74. The highest BCUT2D eigenvalue weighted by molar-refractivity contribution is 6.03. The Morgan fingerprint density at radius 2 is 2.00 bits per heavy atom. The first kappa shape index (κ1) is 10.5. The molecule has 0 amide bonds. The Bertz CT molecular complexity index is 593. The van der Waals surface area contributed by atoms with E-state index in [1.165, 1.54) is 18.2 Å². The second kappa shape index (κ2) is 3.56. The highest BCUT2D eigenvalue weighted by Gasteiger charge is 2.13. The van der Waals surface area contributed by atoms with Gasteiger partial charge < -0.3 is 5.11 Å². The summed E-state index contributed by atoms with van der Waals surface area (Å²) in [6.07, 6.45) is 0. The predicted octanol–water partition coefficient (Wildman–Crippen LogP) is 2.69. The van der Waals surface area contributed by atoms with Crippen molar-refractivity contribution < 1.29 is 14.3 Å². The summed E-state index contributed by atoms with van der Waals surface area (Å²) in [5.74, 6) is -1.52. The fourth-order valence-electron chi connectivity index (χ4n) is 1.76. The Kier molecular flexibility index (Phi) is 2.34. The van der Waals surface area contributed by atoms with Gasteiger partial charge in [-0.25, -0.2) is 9.18 Å². The molecule has 2 rings (SSSR count). The van der Waals surface area contributed by atoms with Crippen LogP contribution in [0.15, 0.2) is 18.2 Å². The molecule has 0 bridgehead atoms. The third-order valence-electron chi connectivity index (χ3n) is 2.43. The van der Waals surface area contributed by atoms with Crippen molar-refractivity contribution in [2.45, 2.75) is 13.8 Å². The summed E-state index contributed by atoms with van der Waals surface area (Å²) >= 11 is 0. The van der Waals surface area contributed by atoms with Crippen LogP contribution < -0.4 is 0 Å². The first-order chi connectivity index (χ1) is 7.49. The van der Waals surface area contributed by atoms with Crippen LogP contribution in [0, 0.1) is 19.7 Å². The van der Waals surface area contributed by atoms with Crippen molar-refractivity contribution in [2.24, 2.45) is 0 Å². The summed E-state index contributed by atoms with van der Waals surface area (Å²) in [6, 6.07) is 4.00. The lowest BCUT2D eigenvalue weighted by Gasteiger charge is -2.06. The molecule has 0 atom stereocenters. The topological polar surface area (TPSA) is 50.2 Å². The quantitative estimate of drug-likeness (QED) is 0.802. The number of fused-ring (bicyclic) bond motifs is 1.